The molecule has 3 N–H and O–H groups in total. The lowest BCUT2D eigenvalue weighted by Gasteiger charge is -2.10. The van der Waals surface area contributed by atoms with Gasteiger partial charge in [-0.15, -0.1) is 0 Å². The van der Waals surface area contributed by atoms with Gasteiger partial charge in [-0.2, -0.15) is 0 Å². The van der Waals surface area contributed by atoms with Crippen molar-refractivity contribution in [2.24, 2.45) is 5.84 Å². The number of nitrogens with zero attached hydrogens (tertiary/aromatic N) is 2. The molecule has 0 unspecified atom stereocenters. The fraction of sp³-hybridized carbons (Fsp3) is 0. The minimum absolute atomic E-state index is 0.166. The van der Waals surface area contributed by atoms with Crippen LogP contribution in [-0.4, -0.2) is 15.5 Å². The normalized spacial score (nSPS) is 10.6. The number of rotatable bonds is 3. The maximum absolute atomic E-state index is 13.2. The first-order chi connectivity index (χ1) is 11.1. The summed E-state index contributed by atoms with van der Waals surface area (Å²) in [5.41, 5.74) is 4.24. The maximum Gasteiger partial charge on any atom is 0.286 e. The molecule has 1 amide bonds. The lowest BCUT2D eigenvalue weighted by molar-refractivity contribution is 0.0950. The van der Waals surface area contributed by atoms with Crippen LogP contribution >= 0.6 is 15.9 Å². The van der Waals surface area contributed by atoms with E-state index in [1.807, 2.05) is 24.3 Å². The van der Waals surface area contributed by atoms with Gasteiger partial charge in [0.15, 0.2) is 5.69 Å². The van der Waals surface area contributed by atoms with Gasteiger partial charge in [0.05, 0.1) is 5.69 Å². The van der Waals surface area contributed by atoms with E-state index >= 15 is 0 Å². The number of amides is 1. The van der Waals surface area contributed by atoms with Crippen LogP contribution in [0, 0.1) is 5.82 Å². The molecule has 1 aromatic heterocycles. The van der Waals surface area contributed by atoms with Crippen LogP contribution in [0.5, 0.6) is 0 Å². The SMILES string of the molecule is NNC(=O)c1ncn(-c2cccc(Br)c2)c1-c1ccc(F)cc1. The number of carbonyl (C=O) groups is 1. The van der Waals surface area contributed by atoms with E-state index in [0.29, 0.717) is 11.3 Å². The molecule has 2 aromatic carbocycles. The molecular weight excluding hydrogens is 363 g/mol. The van der Waals surface area contributed by atoms with Gasteiger partial charge in [0, 0.05) is 15.7 Å². The zero-order valence-electron chi connectivity index (χ0n) is 11.8. The summed E-state index contributed by atoms with van der Waals surface area (Å²) < 4.78 is 15.8. The summed E-state index contributed by atoms with van der Waals surface area (Å²) in [4.78, 5) is 16.1. The number of nitrogens with one attached hydrogen (secondary N) is 1. The third kappa shape index (κ3) is 3.01. The Balaban J connectivity index is 2.23. The standard InChI is InChI=1S/C16H12BrFN4O/c17-11-2-1-3-13(8-11)22-9-20-14(16(23)21-19)15(22)10-4-6-12(18)7-5-10/h1-9H,19H2,(H,21,23). The van der Waals surface area contributed by atoms with Crippen molar-refractivity contribution in [3.8, 4) is 16.9 Å². The molecule has 7 heteroatoms. The first kappa shape index (κ1) is 15.4. The number of benzene rings is 2. The number of hydrogen-bond acceptors (Lipinski definition) is 3. The largest absolute Gasteiger partial charge is 0.298 e. The third-order valence-electron chi connectivity index (χ3n) is 3.32. The van der Waals surface area contributed by atoms with Gasteiger partial charge >= 0.3 is 0 Å². The molecular formula is C16H12BrFN4O. The predicted molar refractivity (Wildman–Crippen MR) is 88.3 cm³/mol. The Labute approximate surface area is 140 Å². The van der Waals surface area contributed by atoms with Crippen molar-refractivity contribution < 1.29 is 9.18 Å². The second-order valence-corrected chi connectivity index (χ2v) is 5.69. The Morgan fingerprint density at radius 1 is 1.22 bits per heavy atom. The Kier molecular flexibility index (Phi) is 4.22. The summed E-state index contributed by atoms with van der Waals surface area (Å²) in [5, 5.41) is 0. The van der Waals surface area contributed by atoms with Crippen LogP contribution in [-0.2, 0) is 0 Å². The average molecular weight is 375 g/mol. The second kappa shape index (κ2) is 6.31. The molecule has 0 bridgehead atoms. The van der Waals surface area contributed by atoms with Gasteiger partial charge in [-0.05, 0) is 42.5 Å². The van der Waals surface area contributed by atoms with E-state index in [0.717, 1.165) is 10.2 Å². The number of hydrogen-bond donors (Lipinski definition) is 2. The molecule has 0 fully saturated rings. The number of nitrogen functional groups attached to an aromatic ring is 1. The fourth-order valence-corrected chi connectivity index (χ4v) is 2.68. The molecule has 116 valence electrons. The van der Waals surface area contributed by atoms with Crippen molar-refractivity contribution in [2.45, 2.75) is 0 Å². The zero-order chi connectivity index (χ0) is 16.4. The molecule has 3 aromatic rings. The van der Waals surface area contributed by atoms with E-state index in [1.165, 1.54) is 18.5 Å². The van der Waals surface area contributed by atoms with Crippen molar-refractivity contribution in [1.29, 1.82) is 0 Å². The number of carbonyl (C=O) groups excluding carboxylic acids is 1. The van der Waals surface area contributed by atoms with E-state index in [-0.39, 0.29) is 11.5 Å². The van der Waals surface area contributed by atoms with E-state index < -0.39 is 5.91 Å². The second-order valence-electron chi connectivity index (χ2n) is 4.77. The summed E-state index contributed by atoms with van der Waals surface area (Å²) in [6.07, 6.45) is 1.53. The van der Waals surface area contributed by atoms with Crippen molar-refractivity contribution in [1.82, 2.24) is 15.0 Å². The van der Waals surface area contributed by atoms with Crippen molar-refractivity contribution in [3.05, 3.63) is 70.8 Å². The topological polar surface area (TPSA) is 72.9 Å². The molecule has 0 saturated carbocycles. The average Bonchev–Trinajstić information content (AvgIpc) is 3.00. The summed E-state index contributed by atoms with van der Waals surface area (Å²) in [5.74, 6) is 4.36. The van der Waals surface area contributed by atoms with Crippen LogP contribution in [0.1, 0.15) is 10.5 Å². The predicted octanol–water partition coefficient (Wildman–Crippen LogP) is 3.04. The first-order valence-electron chi connectivity index (χ1n) is 6.70. The van der Waals surface area contributed by atoms with Crippen LogP contribution in [0.4, 0.5) is 4.39 Å². The number of hydrazine groups is 1. The minimum Gasteiger partial charge on any atom is -0.298 e. The van der Waals surface area contributed by atoms with Crippen LogP contribution in [0.3, 0.4) is 0 Å². The van der Waals surface area contributed by atoms with Crippen LogP contribution in [0.15, 0.2) is 59.3 Å². The fourth-order valence-electron chi connectivity index (χ4n) is 2.29. The Morgan fingerprint density at radius 2 is 1.96 bits per heavy atom. The highest BCUT2D eigenvalue weighted by Gasteiger charge is 2.20. The quantitative estimate of drug-likeness (QED) is 0.420. The van der Waals surface area contributed by atoms with E-state index in [1.54, 1.807) is 16.7 Å². The van der Waals surface area contributed by atoms with E-state index in [9.17, 15) is 9.18 Å². The van der Waals surface area contributed by atoms with Crippen molar-refractivity contribution >= 4 is 21.8 Å². The summed E-state index contributed by atoms with van der Waals surface area (Å²) >= 11 is 3.42. The highest BCUT2D eigenvalue weighted by Crippen LogP contribution is 2.28. The van der Waals surface area contributed by atoms with Gasteiger partial charge in [0.25, 0.3) is 5.91 Å². The van der Waals surface area contributed by atoms with Gasteiger partial charge in [0.1, 0.15) is 12.1 Å². The number of halogens is 2. The smallest absolute Gasteiger partial charge is 0.286 e. The van der Waals surface area contributed by atoms with Crippen molar-refractivity contribution in [2.75, 3.05) is 0 Å². The lowest BCUT2D eigenvalue weighted by Crippen LogP contribution is -2.30. The van der Waals surface area contributed by atoms with Crippen LogP contribution < -0.4 is 11.3 Å². The molecule has 0 spiro atoms. The van der Waals surface area contributed by atoms with Crippen LogP contribution in [0.25, 0.3) is 16.9 Å². The zero-order valence-corrected chi connectivity index (χ0v) is 13.4. The Morgan fingerprint density at radius 3 is 2.61 bits per heavy atom. The van der Waals surface area contributed by atoms with Gasteiger partial charge < -0.3 is 0 Å². The monoisotopic (exact) mass is 374 g/mol. The number of imidazole rings is 1. The third-order valence-corrected chi connectivity index (χ3v) is 3.81. The van der Waals surface area contributed by atoms with Gasteiger partial charge in [-0.3, -0.25) is 14.8 Å². The van der Waals surface area contributed by atoms with Crippen molar-refractivity contribution in [3.63, 3.8) is 0 Å². The van der Waals surface area contributed by atoms with E-state index in [2.05, 4.69) is 26.3 Å². The Bertz CT molecular complexity index is 861. The van der Waals surface area contributed by atoms with Gasteiger partial charge in [0.2, 0.25) is 0 Å². The molecule has 0 aliphatic rings. The molecule has 1 heterocycles. The highest BCUT2D eigenvalue weighted by molar-refractivity contribution is 9.10. The summed E-state index contributed by atoms with van der Waals surface area (Å²) in [6.45, 7) is 0. The molecule has 0 saturated heterocycles. The minimum atomic E-state index is -0.516. The molecule has 3 rings (SSSR count). The molecule has 5 nitrogen and oxygen atoms in total. The molecule has 0 aliphatic heterocycles. The summed E-state index contributed by atoms with van der Waals surface area (Å²) in [7, 11) is 0. The lowest BCUT2D eigenvalue weighted by atomic mass is 10.1. The molecule has 0 aliphatic carbocycles. The van der Waals surface area contributed by atoms with Gasteiger partial charge in [-0.25, -0.2) is 15.2 Å². The molecule has 0 atom stereocenters. The maximum atomic E-state index is 13.2. The number of nitrogens with two attached hydrogens (primary N) is 1. The van der Waals surface area contributed by atoms with E-state index in [4.69, 9.17) is 5.84 Å². The highest BCUT2D eigenvalue weighted by atomic mass is 79.9. The molecule has 23 heavy (non-hydrogen) atoms. The molecule has 0 radical (unpaired) electrons. The van der Waals surface area contributed by atoms with Gasteiger partial charge in [-0.1, -0.05) is 22.0 Å². The first-order valence-corrected chi connectivity index (χ1v) is 7.49. The Hall–Kier alpha value is -2.51. The van der Waals surface area contributed by atoms with Crippen LogP contribution in [0.2, 0.25) is 0 Å². The number of aromatic nitrogens is 2. The summed E-state index contributed by atoms with van der Waals surface area (Å²) in [6, 6.07) is 13.4.